The highest BCUT2D eigenvalue weighted by Crippen LogP contribution is 2.26. The Kier molecular flexibility index (Phi) is 4.66. The molecule has 0 aromatic rings. The summed E-state index contributed by atoms with van der Waals surface area (Å²) in [5, 5.41) is 11.3. The Morgan fingerprint density at radius 3 is 2.12 bits per heavy atom. The van der Waals surface area contributed by atoms with Gasteiger partial charge < -0.3 is 5.32 Å². The van der Waals surface area contributed by atoms with E-state index in [1.165, 1.54) is 0 Å². The normalized spacial score (nSPS) is 20.6. The van der Waals surface area contributed by atoms with E-state index in [2.05, 4.69) is 5.32 Å². The molecule has 0 atom stereocenters. The summed E-state index contributed by atoms with van der Waals surface area (Å²) in [5.74, 6) is -1.33. The maximum absolute atomic E-state index is 12.2. The van der Waals surface area contributed by atoms with Gasteiger partial charge in [0.25, 0.3) is 5.91 Å². The second kappa shape index (κ2) is 5.78. The monoisotopic (exact) mass is 230 g/mol. The minimum absolute atomic E-state index is 0.474. The summed E-state index contributed by atoms with van der Waals surface area (Å²) >= 11 is 0. The van der Waals surface area contributed by atoms with Crippen molar-refractivity contribution in [1.29, 1.82) is 5.26 Å². The molecule has 1 aliphatic rings. The van der Waals surface area contributed by atoms with Gasteiger partial charge in [-0.2, -0.15) is 14.0 Å². The summed E-state index contributed by atoms with van der Waals surface area (Å²) in [6, 6.07) is 2.01. The van der Waals surface area contributed by atoms with E-state index in [0.717, 1.165) is 32.1 Å². The van der Waals surface area contributed by atoms with Gasteiger partial charge in [-0.3, -0.25) is 4.79 Å². The van der Waals surface area contributed by atoms with Crippen LogP contribution in [0.25, 0.3) is 0 Å². The van der Waals surface area contributed by atoms with Gasteiger partial charge in [0.05, 0.1) is 6.07 Å². The molecular formula is C11H16F2N2O. The van der Waals surface area contributed by atoms with Crippen LogP contribution < -0.4 is 5.32 Å². The quantitative estimate of drug-likeness (QED) is 0.791. The molecule has 3 nitrogen and oxygen atoms in total. The molecule has 1 aliphatic carbocycles. The highest BCUT2D eigenvalue weighted by Gasteiger charge is 2.34. The molecule has 90 valence electrons. The lowest BCUT2D eigenvalue weighted by Gasteiger charge is -2.29. The van der Waals surface area contributed by atoms with Crippen molar-refractivity contribution in [3.8, 4) is 6.07 Å². The number of carbonyl (C=O) groups excluding carboxylic acids is 1. The summed E-state index contributed by atoms with van der Waals surface area (Å²) in [4.78, 5) is 11.0. The minimum Gasteiger partial charge on any atom is -0.333 e. The van der Waals surface area contributed by atoms with Crippen molar-refractivity contribution < 1.29 is 13.6 Å². The van der Waals surface area contributed by atoms with Crippen LogP contribution in [0.4, 0.5) is 8.78 Å². The molecule has 0 spiro atoms. The van der Waals surface area contributed by atoms with E-state index in [-0.39, 0.29) is 0 Å². The van der Waals surface area contributed by atoms with Crippen molar-refractivity contribution in [2.24, 2.45) is 0 Å². The summed E-state index contributed by atoms with van der Waals surface area (Å²) in [6.45, 7) is 0. The molecule has 0 bridgehead atoms. The average Bonchev–Trinajstić information content (AvgIpc) is 2.22. The molecule has 16 heavy (non-hydrogen) atoms. The van der Waals surface area contributed by atoms with Gasteiger partial charge >= 0.3 is 6.43 Å². The van der Waals surface area contributed by atoms with E-state index in [4.69, 9.17) is 5.26 Å². The number of halogens is 2. The number of amides is 1. The zero-order valence-electron chi connectivity index (χ0n) is 9.14. The third kappa shape index (κ3) is 3.44. The van der Waals surface area contributed by atoms with Crippen LogP contribution in [0.5, 0.6) is 0 Å². The predicted molar refractivity (Wildman–Crippen MR) is 54.8 cm³/mol. The molecule has 1 amide bonds. The molecule has 1 fully saturated rings. The Morgan fingerprint density at radius 2 is 1.69 bits per heavy atom. The SMILES string of the molecule is N#CC1(NC(=O)C(F)F)CCCCCCC1. The van der Waals surface area contributed by atoms with Gasteiger partial charge in [0.1, 0.15) is 5.54 Å². The Hall–Kier alpha value is -1.18. The number of nitrogens with zero attached hydrogens (tertiary/aromatic N) is 1. The summed E-state index contributed by atoms with van der Waals surface area (Å²) in [6.07, 6.45) is 2.61. The number of nitriles is 1. The highest BCUT2D eigenvalue weighted by atomic mass is 19.3. The Morgan fingerprint density at radius 1 is 1.19 bits per heavy atom. The average molecular weight is 230 g/mol. The van der Waals surface area contributed by atoms with Crippen molar-refractivity contribution in [3.63, 3.8) is 0 Å². The van der Waals surface area contributed by atoms with Crippen LogP contribution >= 0.6 is 0 Å². The topological polar surface area (TPSA) is 52.9 Å². The van der Waals surface area contributed by atoms with Gasteiger partial charge in [0, 0.05) is 0 Å². The summed E-state index contributed by atoms with van der Waals surface area (Å²) in [5.41, 5.74) is -1.08. The van der Waals surface area contributed by atoms with Gasteiger partial charge in [-0.1, -0.05) is 32.1 Å². The standard InChI is InChI=1S/C11H16F2N2O/c12-9(13)10(16)15-11(8-14)6-4-2-1-3-5-7-11/h9H,1-7H2,(H,15,16). The zero-order chi connectivity index (χ0) is 12.0. The maximum atomic E-state index is 12.2. The number of hydrogen-bond donors (Lipinski definition) is 1. The predicted octanol–water partition coefficient (Wildman–Crippen LogP) is 2.37. The molecule has 5 heteroatoms. The van der Waals surface area contributed by atoms with Crippen LogP contribution in [0.15, 0.2) is 0 Å². The first-order chi connectivity index (χ1) is 7.59. The van der Waals surface area contributed by atoms with Crippen molar-refractivity contribution in [3.05, 3.63) is 0 Å². The van der Waals surface area contributed by atoms with Crippen molar-refractivity contribution in [1.82, 2.24) is 5.32 Å². The van der Waals surface area contributed by atoms with Crippen LogP contribution in [-0.4, -0.2) is 17.9 Å². The third-order valence-corrected chi connectivity index (χ3v) is 2.98. The molecule has 0 aromatic heterocycles. The van der Waals surface area contributed by atoms with Gasteiger partial charge in [0.15, 0.2) is 0 Å². The van der Waals surface area contributed by atoms with E-state index in [9.17, 15) is 13.6 Å². The zero-order valence-corrected chi connectivity index (χ0v) is 9.14. The van der Waals surface area contributed by atoms with Crippen LogP contribution in [0, 0.1) is 11.3 Å². The Bertz CT molecular complexity index is 278. The summed E-state index contributed by atoms with van der Waals surface area (Å²) < 4.78 is 24.3. The molecule has 0 heterocycles. The van der Waals surface area contributed by atoms with E-state index >= 15 is 0 Å². The van der Waals surface area contributed by atoms with E-state index in [1.807, 2.05) is 6.07 Å². The first kappa shape index (κ1) is 12.9. The summed E-state index contributed by atoms with van der Waals surface area (Å²) in [7, 11) is 0. The lowest BCUT2D eigenvalue weighted by atomic mass is 9.85. The van der Waals surface area contributed by atoms with Crippen molar-refractivity contribution in [2.75, 3.05) is 0 Å². The molecule has 0 aromatic carbocycles. The number of alkyl halides is 2. The molecule has 1 N–H and O–H groups in total. The van der Waals surface area contributed by atoms with Crippen LogP contribution in [0.2, 0.25) is 0 Å². The largest absolute Gasteiger partial charge is 0.333 e. The number of rotatable bonds is 2. The number of hydrogen-bond acceptors (Lipinski definition) is 2. The molecular weight excluding hydrogens is 214 g/mol. The van der Waals surface area contributed by atoms with Gasteiger partial charge in [-0.05, 0) is 12.8 Å². The van der Waals surface area contributed by atoms with E-state index in [1.54, 1.807) is 0 Å². The van der Waals surface area contributed by atoms with E-state index < -0.39 is 17.9 Å². The first-order valence-corrected chi connectivity index (χ1v) is 5.61. The lowest BCUT2D eigenvalue weighted by molar-refractivity contribution is -0.133. The fourth-order valence-electron chi connectivity index (χ4n) is 2.06. The van der Waals surface area contributed by atoms with Crippen molar-refractivity contribution in [2.45, 2.75) is 56.9 Å². The third-order valence-electron chi connectivity index (χ3n) is 2.98. The van der Waals surface area contributed by atoms with E-state index in [0.29, 0.717) is 12.8 Å². The van der Waals surface area contributed by atoms with Gasteiger partial charge in [0.2, 0.25) is 0 Å². The van der Waals surface area contributed by atoms with Gasteiger partial charge in [-0.25, -0.2) is 0 Å². The first-order valence-electron chi connectivity index (χ1n) is 5.61. The molecule has 0 radical (unpaired) electrons. The minimum atomic E-state index is -3.05. The Balaban J connectivity index is 2.66. The van der Waals surface area contributed by atoms with Gasteiger partial charge in [-0.15, -0.1) is 0 Å². The molecule has 0 unspecified atom stereocenters. The maximum Gasteiger partial charge on any atom is 0.315 e. The molecule has 1 rings (SSSR count). The Labute approximate surface area is 93.8 Å². The molecule has 0 saturated heterocycles. The second-order valence-corrected chi connectivity index (χ2v) is 4.25. The number of carbonyl (C=O) groups is 1. The van der Waals surface area contributed by atoms with Crippen LogP contribution in [0.1, 0.15) is 44.9 Å². The fourth-order valence-corrected chi connectivity index (χ4v) is 2.06. The smallest absolute Gasteiger partial charge is 0.315 e. The fraction of sp³-hybridized carbons (Fsp3) is 0.818. The highest BCUT2D eigenvalue weighted by molar-refractivity contribution is 5.80. The molecule has 1 saturated carbocycles. The van der Waals surface area contributed by atoms with Crippen LogP contribution in [0.3, 0.4) is 0 Å². The van der Waals surface area contributed by atoms with Crippen molar-refractivity contribution >= 4 is 5.91 Å². The lowest BCUT2D eigenvalue weighted by Crippen LogP contribution is -2.49. The number of nitrogens with one attached hydrogen (secondary N) is 1. The molecule has 0 aliphatic heterocycles. The second-order valence-electron chi connectivity index (χ2n) is 4.25. The van der Waals surface area contributed by atoms with Crippen LogP contribution in [-0.2, 0) is 4.79 Å².